The van der Waals surface area contributed by atoms with Crippen LogP contribution in [0.25, 0.3) is 0 Å². The van der Waals surface area contributed by atoms with Crippen molar-refractivity contribution in [3.63, 3.8) is 0 Å². The second-order valence-electron chi connectivity index (χ2n) is 6.37. The fraction of sp³-hybridized carbons (Fsp3) is 0.421. The summed E-state index contributed by atoms with van der Waals surface area (Å²) >= 11 is 1.66. The average Bonchev–Trinajstić information content (AvgIpc) is 3.10. The van der Waals surface area contributed by atoms with Crippen LogP contribution in [0.4, 0.5) is 0 Å². The Kier molecular flexibility index (Phi) is 5.81. The van der Waals surface area contributed by atoms with Gasteiger partial charge >= 0.3 is 0 Å². The Morgan fingerprint density at radius 1 is 1.32 bits per heavy atom. The van der Waals surface area contributed by atoms with Gasteiger partial charge in [-0.05, 0) is 25.0 Å². The van der Waals surface area contributed by atoms with Crippen LogP contribution in [0, 0.1) is 0 Å². The van der Waals surface area contributed by atoms with Crippen molar-refractivity contribution in [2.24, 2.45) is 0 Å². The predicted octanol–water partition coefficient (Wildman–Crippen LogP) is 2.84. The van der Waals surface area contributed by atoms with Crippen LogP contribution in [0.3, 0.4) is 0 Å². The van der Waals surface area contributed by atoms with Gasteiger partial charge in [-0.25, -0.2) is 4.98 Å². The number of nitrogens with zero attached hydrogens (tertiary/aromatic N) is 2. The van der Waals surface area contributed by atoms with Crippen molar-refractivity contribution in [1.29, 1.82) is 0 Å². The predicted molar refractivity (Wildman–Crippen MR) is 98.8 cm³/mol. The largest absolute Gasteiger partial charge is 0.356 e. The first-order valence-corrected chi connectivity index (χ1v) is 9.54. The fourth-order valence-electron chi connectivity index (χ4n) is 3.12. The first-order valence-electron chi connectivity index (χ1n) is 8.66. The molecule has 0 saturated carbocycles. The van der Waals surface area contributed by atoms with Crippen LogP contribution < -0.4 is 5.32 Å². The first-order chi connectivity index (χ1) is 12.1. The molecule has 5 nitrogen and oxygen atoms in total. The van der Waals surface area contributed by atoms with Gasteiger partial charge in [-0.2, -0.15) is 0 Å². The molecule has 132 valence electrons. The zero-order valence-electron chi connectivity index (χ0n) is 14.4. The molecule has 0 spiro atoms. The molecular formula is C19H23N3O2S. The molecule has 2 amide bonds. The molecule has 0 radical (unpaired) electrons. The Hall–Kier alpha value is -2.21. The summed E-state index contributed by atoms with van der Waals surface area (Å²) in [5.74, 6) is 0.395. The number of thiazole rings is 1. The van der Waals surface area contributed by atoms with Gasteiger partial charge in [-0.1, -0.05) is 18.2 Å². The molecule has 0 aliphatic carbocycles. The molecule has 1 aromatic heterocycles. The summed E-state index contributed by atoms with van der Waals surface area (Å²) in [4.78, 5) is 30.3. The normalized spacial score (nSPS) is 17.3. The summed E-state index contributed by atoms with van der Waals surface area (Å²) in [6, 6.07) is 9.46. The Balaban J connectivity index is 1.61. The van der Waals surface area contributed by atoms with Gasteiger partial charge in [0.15, 0.2) is 0 Å². The number of carbonyl (C=O) groups excluding carboxylic acids is 2. The molecule has 1 fully saturated rings. The molecule has 2 aromatic rings. The Labute approximate surface area is 152 Å². The van der Waals surface area contributed by atoms with Gasteiger partial charge in [-0.3, -0.25) is 9.59 Å². The maximum atomic E-state index is 12.7. The van der Waals surface area contributed by atoms with E-state index in [9.17, 15) is 9.59 Å². The number of nitrogens with one attached hydrogen (secondary N) is 1. The zero-order chi connectivity index (χ0) is 17.6. The monoisotopic (exact) mass is 357 g/mol. The summed E-state index contributed by atoms with van der Waals surface area (Å²) in [5.41, 5.74) is 1.76. The smallest absolute Gasteiger partial charge is 0.253 e. The summed E-state index contributed by atoms with van der Waals surface area (Å²) in [5, 5.41) is 5.96. The minimum absolute atomic E-state index is 0.0159. The van der Waals surface area contributed by atoms with Crippen molar-refractivity contribution in [2.75, 3.05) is 19.6 Å². The van der Waals surface area contributed by atoms with Gasteiger partial charge in [0.2, 0.25) is 5.91 Å². The summed E-state index contributed by atoms with van der Waals surface area (Å²) < 4.78 is 0. The minimum Gasteiger partial charge on any atom is -0.356 e. The second-order valence-corrected chi connectivity index (χ2v) is 7.26. The maximum absolute atomic E-state index is 12.7. The van der Waals surface area contributed by atoms with Crippen molar-refractivity contribution < 1.29 is 9.59 Å². The molecule has 3 rings (SSSR count). The summed E-state index contributed by atoms with van der Waals surface area (Å²) in [7, 11) is 0. The highest BCUT2D eigenvalue weighted by atomic mass is 32.1. The Morgan fingerprint density at radius 3 is 2.88 bits per heavy atom. The second kappa shape index (κ2) is 8.25. The fourth-order valence-corrected chi connectivity index (χ4v) is 4.10. The molecule has 1 saturated heterocycles. The minimum atomic E-state index is -0.0159. The van der Waals surface area contributed by atoms with Crippen LogP contribution in [-0.2, 0) is 11.2 Å². The highest BCUT2D eigenvalue weighted by Gasteiger charge is 2.27. The summed E-state index contributed by atoms with van der Waals surface area (Å²) in [6.07, 6.45) is 2.82. The first kappa shape index (κ1) is 17.6. The molecule has 1 aliphatic heterocycles. The molecule has 1 aromatic carbocycles. The van der Waals surface area contributed by atoms with Gasteiger partial charge in [0.1, 0.15) is 0 Å². The van der Waals surface area contributed by atoms with E-state index in [0.717, 1.165) is 48.6 Å². The lowest BCUT2D eigenvalue weighted by Gasteiger charge is -2.32. The average molecular weight is 357 g/mol. The third kappa shape index (κ3) is 4.66. The molecular weight excluding hydrogens is 334 g/mol. The number of aromatic nitrogens is 1. The van der Waals surface area contributed by atoms with E-state index in [1.165, 1.54) is 6.92 Å². The third-order valence-electron chi connectivity index (χ3n) is 4.40. The SMILES string of the molecule is CC(=O)NCCc1csc(C2CCCN(C(=O)c3ccccc3)C2)n1. The number of piperidine rings is 1. The third-order valence-corrected chi connectivity index (χ3v) is 5.46. The van der Waals surface area contributed by atoms with Crippen molar-refractivity contribution >= 4 is 23.2 Å². The van der Waals surface area contributed by atoms with Crippen molar-refractivity contribution in [1.82, 2.24) is 15.2 Å². The molecule has 0 bridgehead atoms. The Bertz CT molecular complexity index is 729. The van der Waals surface area contributed by atoms with Crippen LogP contribution in [0.2, 0.25) is 0 Å². The number of carbonyl (C=O) groups is 2. The van der Waals surface area contributed by atoms with Crippen LogP contribution >= 0.6 is 11.3 Å². The number of amides is 2. The van der Waals surface area contributed by atoms with Crippen LogP contribution in [0.1, 0.15) is 46.7 Å². The quantitative estimate of drug-likeness (QED) is 0.895. The van der Waals surface area contributed by atoms with E-state index in [2.05, 4.69) is 10.7 Å². The Morgan fingerprint density at radius 2 is 2.12 bits per heavy atom. The van der Waals surface area contributed by atoms with Gasteiger partial charge in [0, 0.05) is 49.8 Å². The topological polar surface area (TPSA) is 62.3 Å². The lowest BCUT2D eigenvalue weighted by atomic mass is 9.98. The van der Waals surface area contributed by atoms with Crippen LogP contribution in [-0.4, -0.2) is 41.3 Å². The molecule has 1 unspecified atom stereocenters. The van der Waals surface area contributed by atoms with Crippen LogP contribution in [0.15, 0.2) is 35.7 Å². The van der Waals surface area contributed by atoms with Crippen molar-refractivity contribution in [3.05, 3.63) is 52.0 Å². The van der Waals surface area contributed by atoms with E-state index in [-0.39, 0.29) is 11.8 Å². The highest BCUT2D eigenvalue weighted by molar-refractivity contribution is 7.09. The zero-order valence-corrected chi connectivity index (χ0v) is 15.2. The van der Waals surface area contributed by atoms with Gasteiger partial charge in [-0.15, -0.1) is 11.3 Å². The molecule has 1 atom stereocenters. The number of likely N-dealkylation sites (tertiary alicyclic amines) is 1. The number of rotatable bonds is 5. The van der Waals surface area contributed by atoms with E-state index < -0.39 is 0 Å². The van der Waals surface area contributed by atoms with Crippen molar-refractivity contribution in [3.8, 4) is 0 Å². The van der Waals surface area contributed by atoms with Crippen LogP contribution in [0.5, 0.6) is 0 Å². The van der Waals surface area contributed by atoms with E-state index >= 15 is 0 Å². The van der Waals surface area contributed by atoms with Gasteiger partial charge in [0.25, 0.3) is 5.91 Å². The summed E-state index contributed by atoms with van der Waals surface area (Å²) in [6.45, 7) is 3.67. The molecule has 1 N–H and O–H groups in total. The molecule has 2 heterocycles. The standard InChI is InChI=1S/C19H23N3O2S/c1-14(23)20-10-9-17-13-25-18(21-17)16-8-5-11-22(12-16)19(24)15-6-3-2-4-7-15/h2-4,6-7,13,16H,5,8-12H2,1H3,(H,20,23). The van der Waals surface area contributed by atoms with Gasteiger partial charge < -0.3 is 10.2 Å². The lowest BCUT2D eigenvalue weighted by Crippen LogP contribution is -2.39. The number of benzene rings is 1. The molecule has 25 heavy (non-hydrogen) atoms. The molecule has 6 heteroatoms. The van der Waals surface area contributed by atoms with E-state index in [4.69, 9.17) is 4.98 Å². The molecule has 1 aliphatic rings. The lowest BCUT2D eigenvalue weighted by molar-refractivity contribution is -0.118. The number of hydrogen-bond donors (Lipinski definition) is 1. The maximum Gasteiger partial charge on any atom is 0.253 e. The van der Waals surface area contributed by atoms with E-state index in [1.54, 1.807) is 11.3 Å². The van der Waals surface area contributed by atoms with E-state index in [1.807, 2.05) is 35.2 Å². The van der Waals surface area contributed by atoms with E-state index in [0.29, 0.717) is 12.5 Å². The highest BCUT2D eigenvalue weighted by Crippen LogP contribution is 2.30. The van der Waals surface area contributed by atoms with Crippen molar-refractivity contribution in [2.45, 2.75) is 32.1 Å². The van der Waals surface area contributed by atoms with Gasteiger partial charge in [0.05, 0.1) is 10.7 Å². The number of hydrogen-bond acceptors (Lipinski definition) is 4.